The summed E-state index contributed by atoms with van der Waals surface area (Å²) in [6.07, 6.45) is 8.81. The van der Waals surface area contributed by atoms with E-state index in [4.69, 9.17) is 5.11 Å². The van der Waals surface area contributed by atoms with Gasteiger partial charge < -0.3 is 15.3 Å². The number of aliphatic hydroxyl groups excluding tert-OH is 1. The van der Waals surface area contributed by atoms with Crippen LogP contribution in [0.1, 0.15) is 19.3 Å². The summed E-state index contributed by atoms with van der Waals surface area (Å²) in [6, 6.07) is 4.06. The number of rotatable bonds is 5. The van der Waals surface area contributed by atoms with Crippen LogP contribution in [-0.4, -0.2) is 49.5 Å². The Kier molecular flexibility index (Phi) is 4.43. The van der Waals surface area contributed by atoms with Crippen molar-refractivity contribution in [2.75, 3.05) is 29.9 Å². The van der Waals surface area contributed by atoms with E-state index in [0.29, 0.717) is 18.0 Å². The van der Waals surface area contributed by atoms with Crippen LogP contribution >= 0.6 is 0 Å². The van der Waals surface area contributed by atoms with Gasteiger partial charge in [-0.1, -0.05) is 0 Å². The molecule has 0 atom stereocenters. The fourth-order valence-corrected chi connectivity index (χ4v) is 3.16. The molecule has 0 radical (unpaired) electrons. The lowest BCUT2D eigenvalue weighted by molar-refractivity contribution is 0.271. The minimum Gasteiger partial charge on any atom is -0.394 e. The third kappa shape index (κ3) is 3.25. The fourth-order valence-electron chi connectivity index (χ4n) is 3.16. The Morgan fingerprint density at radius 3 is 2.68 bits per heavy atom. The number of fused-ring (bicyclic) bond motifs is 1. The van der Waals surface area contributed by atoms with Gasteiger partial charge in [0.25, 0.3) is 0 Å². The SMILES string of the molecule is OCCn1ncc2c(Nc3ccc(N4CCCCC4)nc3)ncnc21. The maximum Gasteiger partial charge on any atom is 0.163 e. The molecule has 0 aromatic carbocycles. The molecule has 0 bridgehead atoms. The highest BCUT2D eigenvalue weighted by atomic mass is 16.3. The average molecular weight is 339 g/mol. The summed E-state index contributed by atoms with van der Waals surface area (Å²) in [7, 11) is 0. The quantitative estimate of drug-likeness (QED) is 0.734. The molecule has 1 aliphatic heterocycles. The summed E-state index contributed by atoms with van der Waals surface area (Å²) in [5, 5.41) is 17.5. The number of nitrogens with zero attached hydrogens (tertiary/aromatic N) is 6. The molecular weight excluding hydrogens is 318 g/mol. The van der Waals surface area contributed by atoms with Gasteiger partial charge in [-0.05, 0) is 31.4 Å². The fraction of sp³-hybridized carbons (Fsp3) is 0.412. The number of piperidine rings is 1. The lowest BCUT2D eigenvalue weighted by Gasteiger charge is -2.27. The smallest absolute Gasteiger partial charge is 0.163 e. The van der Waals surface area contributed by atoms with Crippen LogP contribution in [0.5, 0.6) is 0 Å². The molecule has 0 unspecified atom stereocenters. The molecule has 1 saturated heterocycles. The van der Waals surface area contributed by atoms with Crippen molar-refractivity contribution in [1.29, 1.82) is 0 Å². The zero-order chi connectivity index (χ0) is 17.1. The molecule has 8 heteroatoms. The number of aliphatic hydroxyl groups is 1. The lowest BCUT2D eigenvalue weighted by atomic mass is 10.1. The summed E-state index contributed by atoms with van der Waals surface area (Å²) >= 11 is 0. The Hall–Kier alpha value is -2.74. The van der Waals surface area contributed by atoms with Crippen LogP contribution in [0.15, 0.2) is 30.9 Å². The molecular formula is C17H21N7O. The van der Waals surface area contributed by atoms with E-state index >= 15 is 0 Å². The van der Waals surface area contributed by atoms with E-state index in [9.17, 15) is 0 Å². The minimum absolute atomic E-state index is 0.0193. The van der Waals surface area contributed by atoms with Crippen LogP contribution < -0.4 is 10.2 Å². The third-order valence-electron chi connectivity index (χ3n) is 4.44. The van der Waals surface area contributed by atoms with Crippen LogP contribution in [0, 0.1) is 0 Å². The number of hydrogen-bond donors (Lipinski definition) is 2. The minimum atomic E-state index is 0.0193. The van der Waals surface area contributed by atoms with Gasteiger partial charge in [-0.3, -0.25) is 0 Å². The van der Waals surface area contributed by atoms with E-state index in [-0.39, 0.29) is 6.61 Å². The molecule has 3 aromatic rings. The molecule has 2 N–H and O–H groups in total. The standard InChI is InChI=1S/C17H21N7O/c25-9-8-24-17-14(11-21-24)16(19-12-20-17)22-13-4-5-15(18-10-13)23-6-2-1-3-7-23/h4-5,10-12,25H,1-3,6-9H2,(H,19,20,22). The Morgan fingerprint density at radius 1 is 1.04 bits per heavy atom. The maximum absolute atomic E-state index is 9.10. The molecule has 130 valence electrons. The van der Waals surface area contributed by atoms with E-state index < -0.39 is 0 Å². The van der Waals surface area contributed by atoms with Crippen molar-refractivity contribution in [2.45, 2.75) is 25.8 Å². The highest BCUT2D eigenvalue weighted by Crippen LogP contribution is 2.24. The Balaban J connectivity index is 1.54. The highest BCUT2D eigenvalue weighted by Gasteiger charge is 2.13. The molecule has 8 nitrogen and oxygen atoms in total. The van der Waals surface area contributed by atoms with Crippen molar-refractivity contribution in [3.63, 3.8) is 0 Å². The van der Waals surface area contributed by atoms with Gasteiger partial charge in [-0.2, -0.15) is 5.10 Å². The highest BCUT2D eigenvalue weighted by molar-refractivity contribution is 5.88. The zero-order valence-corrected chi connectivity index (χ0v) is 14.0. The van der Waals surface area contributed by atoms with Crippen molar-refractivity contribution in [3.8, 4) is 0 Å². The normalized spacial score (nSPS) is 14.8. The van der Waals surface area contributed by atoms with Gasteiger partial charge in [-0.15, -0.1) is 0 Å². The van der Waals surface area contributed by atoms with Crippen LogP contribution in [0.3, 0.4) is 0 Å². The van der Waals surface area contributed by atoms with Crippen LogP contribution in [0.4, 0.5) is 17.3 Å². The first-order valence-electron chi connectivity index (χ1n) is 8.60. The van der Waals surface area contributed by atoms with E-state index in [1.165, 1.54) is 25.6 Å². The first-order chi connectivity index (χ1) is 12.3. The van der Waals surface area contributed by atoms with Gasteiger partial charge in [0.15, 0.2) is 5.65 Å². The van der Waals surface area contributed by atoms with Crippen molar-refractivity contribution in [3.05, 3.63) is 30.9 Å². The molecule has 0 amide bonds. The number of hydrogen-bond acceptors (Lipinski definition) is 7. The van der Waals surface area contributed by atoms with Gasteiger partial charge in [0.2, 0.25) is 0 Å². The van der Waals surface area contributed by atoms with E-state index in [1.54, 1.807) is 10.9 Å². The van der Waals surface area contributed by atoms with Gasteiger partial charge in [0, 0.05) is 13.1 Å². The Labute approximate surface area is 145 Å². The summed E-state index contributed by atoms with van der Waals surface area (Å²) in [6.45, 7) is 2.59. The zero-order valence-electron chi connectivity index (χ0n) is 14.0. The molecule has 0 saturated carbocycles. The molecule has 0 spiro atoms. The monoisotopic (exact) mass is 339 g/mol. The number of aromatic nitrogens is 5. The summed E-state index contributed by atoms with van der Waals surface area (Å²) < 4.78 is 1.67. The van der Waals surface area contributed by atoms with Crippen LogP contribution in [-0.2, 0) is 6.54 Å². The molecule has 1 aliphatic rings. The number of nitrogens with one attached hydrogen (secondary N) is 1. The van der Waals surface area contributed by atoms with Crippen molar-refractivity contribution in [2.24, 2.45) is 0 Å². The molecule has 25 heavy (non-hydrogen) atoms. The largest absolute Gasteiger partial charge is 0.394 e. The van der Waals surface area contributed by atoms with Crippen molar-refractivity contribution < 1.29 is 5.11 Å². The number of pyridine rings is 1. The predicted octanol–water partition coefficient (Wildman–Crippen LogP) is 1.95. The Bertz CT molecular complexity index is 840. The summed E-state index contributed by atoms with van der Waals surface area (Å²) in [5.41, 5.74) is 1.57. The number of anilines is 3. The summed E-state index contributed by atoms with van der Waals surface area (Å²) in [4.78, 5) is 15.5. The van der Waals surface area contributed by atoms with Crippen molar-refractivity contribution in [1.82, 2.24) is 24.7 Å². The molecule has 4 rings (SSSR count). The maximum atomic E-state index is 9.10. The van der Waals surface area contributed by atoms with Crippen LogP contribution in [0.2, 0.25) is 0 Å². The van der Waals surface area contributed by atoms with Gasteiger partial charge in [-0.25, -0.2) is 19.6 Å². The van der Waals surface area contributed by atoms with Gasteiger partial charge >= 0.3 is 0 Å². The second-order valence-electron chi connectivity index (χ2n) is 6.13. The van der Waals surface area contributed by atoms with E-state index in [2.05, 4.69) is 30.3 Å². The second-order valence-corrected chi connectivity index (χ2v) is 6.13. The second kappa shape index (κ2) is 7.02. The molecule has 0 aliphatic carbocycles. The molecule has 1 fully saturated rings. The average Bonchev–Trinajstić information content (AvgIpc) is 3.08. The van der Waals surface area contributed by atoms with Gasteiger partial charge in [0.05, 0.1) is 36.6 Å². The van der Waals surface area contributed by atoms with E-state index in [0.717, 1.165) is 30.0 Å². The Morgan fingerprint density at radius 2 is 1.92 bits per heavy atom. The predicted molar refractivity (Wildman–Crippen MR) is 96.0 cm³/mol. The third-order valence-corrected chi connectivity index (χ3v) is 4.44. The van der Waals surface area contributed by atoms with Crippen molar-refractivity contribution >= 4 is 28.4 Å². The first-order valence-corrected chi connectivity index (χ1v) is 8.60. The lowest BCUT2D eigenvalue weighted by Crippen LogP contribution is -2.29. The first kappa shape index (κ1) is 15.8. The van der Waals surface area contributed by atoms with Gasteiger partial charge in [0.1, 0.15) is 18.0 Å². The molecule has 3 aromatic heterocycles. The topological polar surface area (TPSA) is 92.0 Å². The summed E-state index contributed by atoms with van der Waals surface area (Å²) in [5.74, 6) is 1.70. The molecule has 4 heterocycles. The van der Waals surface area contributed by atoms with E-state index in [1.807, 2.05) is 18.3 Å². The van der Waals surface area contributed by atoms with Crippen LogP contribution in [0.25, 0.3) is 11.0 Å².